The van der Waals surface area contributed by atoms with Crippen LogP contribution < -0.4 is 0 Å². The lowest BCUT2D eigenvalue weighted by Gasteiger charge is -2.09. The van der Waals surface area contributed by atoms with E-state index in [2.05, 4.69) is 57.7 Å². The van der Waals surface area contributed by atoms with Crippen molar-refractivity contribution in [3.8, 4) is 0 Å². The Morgan fingerprint density at radius 1 is 1.12 bits per heavy atom. The number of hydrogen-bond acceptors (Lipinski definition) is 0. The van der Waals surface area contributed by atoms with Crippen molar-refractivity contribution in [1.82, 2.24) is 0 Å². The Bertz CT molecular complexity index is 533. The minimum Gasteiger partial charge on any atom is -0.0984 e. The molecule has 0 aliphatic rings. The fourth-order valence-electron chi connectivity index (χ4n) is 2.10. The largest absolute Gasteiger partial charge is 0.0984 e. The maximum atomic E-state index is 3.88. The van der Waals surface area contributed by atoms with Crippen molar-refractivity contribution >= 4 is 16.8 Å². The van der Waals surface area contributed by atoms with Gasteiger partial charge in [0.2, 0.25) is 0 Å². The molecule has 0 nitrogen and oxygen atoms in total. The summed E-state index contributed by atoms with van der Waals surface area (Å²) in [6.07, 6.45) is 1.93. The van der Waals surface area contributed by atoms with Crippen molar-refractivity contribution in [3.63, 3.8) is 0 Å². The summed E-state index contributed by atoms with van der Waals surface area (Å²) in [7, 11) is 0. The summed E-state index contributed by atoms with van der Waals surface area (Å²) in [4.78, 5) is 0. The third-order valence-electron chi connectivity index (χ3n) is 3.04. The van der Waals surface area contributed by atoms with Crippen LogP contribution in [0.4, 0.5) is 0 Å². The van der Waals surface area contributed by atoms with Gasteiger partial charge < -0.3 is 0 Å². The molecule has 82 valence electrons. The fourth-order valence-corrected chi connectivity index (χ4v) is 2.10. The van der Waals surface area contributed by atoms with E-state index < -0.39 is 0 Å². The van der Waals surface area contributed by atoms with Crippen LogP contribution in [0.5, 0.6) is 0 Å². The first-order valence-electron chi connectivity index (χ1n) is 5.78. The van der Waals surface area contributed by atoms with Crippen molar-refractivity contribution in [2.24, 2.45) is 0 Å². The third kappa shape index (κ3) is 1.88. The van der Waals surface area contributed by atoms with Crippen molar-refractivity contribution in [3.05, 3.63) is 53.6 Å². The highest BCUT2D eigenvalue weighted by atomic mass is 14.1. The standard InChI is InChI=1S/C16H18/c1-5-13-8-12(4)9-15-10-14(11(2)3)6-7-16(13)15/h5-11H,1H2,2-4H3. The summed E-state index contributed by atoms with van der Waals surface area (Å²) < 4.78 is 0. The molecule has 2 aromatic rings. The highest BCUT2D eigenvalue weighted by molar-refractivity contribution is 5.91. The van der Waals surface area contributed by atoms with Crippen molar-refractivity contribution in [1.29, 1.82) is 0 Å². The van der Waals surface area contributed by atoms with Crippen LogP contribution in [0.2, 0.25) is 0 Å². The number of benzene rings is 2. The number of rotatable bonds is 2. The van der Waals surface area contributed by atoms with Crippen LogP contribution in [-0.2, 0) is 0 Å². The molecule has 0 bridgehead atoms. The lowest BCUT2D eigenvalue weighted by molar-refractivity contribution is 0.869. The molecule has 0 N–H and O–H groups in total. The molecule has 0 aliphatic heterocycles. The monoisotopic (exact) mass is 210 g/mol. The average molecular weight is 210 g/mol. The second-order valence-corrected chi connectivity index (χ2v) is 4.69. The molecule has 0 heteroatoms. The summed E-state index contributed by atoms with van der Waals surface area (Å²) in [6.45, 7) is 10.5. The van der Waals surface area contributed by atoms with Gasteiger partial charge in [-0.25, -0.2) is 0 Å². The first-order valence-corrected chi connectivity index (χ1v) is 5.78. The lowest BCUT2D eigenvalue weighted by Crippen LogP contribution is -1.88. The van der Waals surface area contributed by atoms with E-state index in [4.69, 9.17) is 0 Å². The highest BCUT2D eigenvalue weighted by Gasteiger charge is 2.03. The quantitative estimate of drug-likeness (QED) is 0.660. The molecular weight excluding hydrogens is 192 g/mol. The number of aryl methyl sites for hydroxylation is 1. The van der Waals surface area contributed by atoms with E-state index in [9.17, 15) is 0 Å². The maximum Gasteiger partial charge on any atom is -0.0111 e. The molecule has 0 saturated carbocycles. The fraction of sp³-hybridized carbons (Fsp3) is 0.250. The van der Waals surface area contributed by atoms with Gasteiger partial charge >= 0.3 is 0 Å². The zero-order valence-electron chi connectivity index (χ0n) is 10.2. The molecule has 2 rings (SSSR count). The van der Waals surface area contributed by atoms with Gasteiger partial charge in [-0.05, 0) is 40.3 Å². The maximum absolute atomic E-state index is 3.88. The SMILES string of the molecule is C=Cc1cc(C)cc2cc(C(C)C)ccc12. The third-order valence-corrected chi connectivity index (χ3v) is 3.04. The first kappa shape index (κ1) is 10.9. The van der Waals surface area contributed by atoms with Crippen molar-refractivity contribution in [2.75, 3.05) is 0 Å². The van der Waals surface area contributed by atoms with Crippen LogP contribution in [0, 0.1) is 6.92 Å². The molecular formula is C16H18. The summed E-state index contributed by atoms with van der Waals surface area (Å²) in [5.41, 5.74) is 3.92. The number of hydrogen-bond donors (Lipinski definition) is 0. The molecule has 0 aromatic heterocycles. The van der Waals surface area contributed by atoms with E-state index in [1.165, 1.54) is 27.5 Å². The molecule has 0 atom stereocenters. The van der Waals surface area contributed by atoms with Crippen molar-refractivity contribution in [2.45, 2.75) is 26.7 Å². The van der Waals surface area contributed by atoms with Crippen LogP contribution >= 0.6 is 0 Å². The Morgan fingerprint density at radius 2 is 1.88 bits per heavy atom. The van der Waals surface area contributed by atoms with Gasteiger partial charge in [-0.15, -0.1) is 0 Å². The summed E-state index contributed by atoms with van der Waals surface area (Å²) in [6, 6.07) is 11.1. The Balaban J connectivity index is 2.74. The molecule has 0 unspecified atom stereocenters. The van der Waals surface area contributed by atoms with Gasteiger partial charge in [0.05, 0.1) is 0 Å². The Morgan fingerprint density at radius 3 is 2.50 bits per heavy atom. The zero-order chi connectivity index (χ0) is 11.7. The first-order chi connectivity index (χ1) is 7.61. The summed E-state index contributed by atoms with van der Waals surface area (Å²) in [5.74, 6) is 0.581. The zero-order valence-corrected chi connectivity index (χ0v) is 10.2. The molecule has 0 saturated heterocycles. The molecule has 2 aromatic carbocycles. The van der Waals surface area contributed by atoms with E-state index >= 15 is 0 Å². The van der Waals surface area contributed by atoms with Crippen molar-refractivity contribution < 1.29 is 0 Å². The molecule has 0 radical (unpaired) electrons. The van der Waals surface area contributed by atoms with E-state index in [-0.39, 0.29) is 0 Å². The van der Waals surface area contributed by atoms with Gasteiger partial charge in [-0.2, -0.15) is 0 Å². The predicted octanol–water partition coefficient (Wildman–Crippen LogP) is 4.91. The Hall–Kier alpha value is -1.56. The lowest BCUT2D eigenvalue weighted by atomic mass is 9.95. The molecule has 0 fully saturated rings. The van der Waals surface area contributed by atoms with Crippen LogP contribution in [0.25, 0.3) is 16.8 Å². The van der Waals surface area contributed by atoms with E-state index in [0.29, 0.717) is 5.92 Å². The average Bonchev–Trinajstić information content (AvgIpc) is 2.26. The second-order valence-electron chi connectivity index (χ2n) is 4.69. The molecule has 0 heterocycles. The smallest absolute Gasteiger partial charge is 0.0111 e. The van der Waals surface area contributed by atoms with Crippen LogP contribution in [0.1, 0.15) is 36.5 Å². The van der Waals surface area contributed by atoms with Gasteiger partial charge in [0.25, 0.3) is 0 Å². The van der Waals surface area contributed by atoms with Gasteiger partial charge in [0, 0.05) is 0 Å². The topological polar surface area (TPSA) is 0 Å². The van der Waals surface area contributed by atoms with E-state index in [1.54, 1.807) is 0 Å². The molecule has 0 aliphatic carbocycles. The van der Waals surface area contributed by atoms with Gasteiger partial charge in [0.1, 0.15) is 0 Å². The van der Waals surface area contributed by atoms with E-state index in [1.807, 2.05) is 6.08 Å². The minimum atomic E-state index is 0.581. The minimum absolute atomic E-state index is 0.581. The molecule has 16 heavy (non-hydrogen) atoms. The Kier molecular flexibility index (Phi) is 2.82. The van der Waals surface area contributed by atoms with Gasteiger partial charge in [0.15, 0.2) is 0 Å². The number of fused-ring (bicyclic) bond motifs is 1. The van der Waals surface area contributed by atoms with Crippen LogP contribution in [-0.4, -0.2) is 0 Å². The van der Waals surface area contributed by atoms with Gasteiger partial charge in [-0.1, -0.05) is 56.8 Å². The van der Waals surface area contributed by atoms with Crippen LogP contribution in [0.3, 0.4) is 0 Å². The summed E-state index contributed by atoms with van der Waals surface area (Å²) >= 11 is 0. The Labute approximate surface area is 97.6 Å². The summed E-state index contributed by atoms with van der Waals surface area (Å²) in [5, 5.41) is 2.62. The van der Waals surface area contributed by atoms with Crippen LogP contribution in [0.15, 0.2) is 36.9 Å². The highest BCUT2D eigenvalue weighted by Crippen LogP contribution is 2.26. The molecule has 0 amide bonds. The second kappa shape index (κ2) is 4.13. The molecule has 0 spiro atoms. The van der Waals surface area contributed by atoms with E-state index in [0.717, 1.165) is 0 Å². The predicted molar refractivity (Wildman–Crippen MR) is 72.9 cm³/mol. The van der Waals surface area contributed by atoms with Gasteiger partial charge in [-0.3, -0.25) is 0 Å². The normalized spacial score (nSPS) is 11.0.